The zero-order chi connectivity index (χ0) is 18.6. The molecule has 2 aromatic carbocycles. The molecule has 26 heavy (non-hydrogen) atoms. The molecule has 1 aliphatic carbocycles. The van der Waals surface area contributed by atoms with Gasteiger partial charge in [-0.1, -0.05) is 48.5 Å². The van der Waals surface area contributed by atoms with E-state index in [1.165, 1.54) is 29.4 Å². The Bertz CT molecular complexity index is 727. The molecule has 1 unspecified atom stereocenters. The SMILES string of the molecule is COCC(C)(O)CCNC(=O)OCC1c2ccccc2-c2ccccc21. The molecule has 0 fully saturated rings. The van der Waals surface area contributed by atoms with Gasteiger partial charge in [-0.3, -0.25) is 0 Å². The average Bonchev–Trinajstić information content (AvgIpc) is 2.94. The van der Waals surface area contributed by atoms with Crippen LogP contribution < -0.4 is 5.32 Å². The number of alkyl carbamates (subject to hydrolysis) is 1. The molecule has 0 heterocycles. The first-order valence-electron chi connectivity index (χ1n) is 8.82. The predicted molar refractivity (Wildman–Crippen MR) is 100 cm³/mol. The molecule has 2 aromatic rings. The van der Waals surface area contributed by atoms with E-state index in [2.05, 4.69) is 29.6 Å². The molecule has 1 aliphatic rings. The summed E-state index contributed by atoms with van der Waals surface area (Å²) in [5.74, 6) is 0.0461. The summed E-state index contributed by atoms with van der Waals surface area (Å²) in [5.41, 5.74) is 3.81. The lowest BCUT2D eigenvalue weighted by Crippen LogP contribution is -2.36. The fraction of sp³-hybridized carbons (Fsp3) is 0.381. The Balaban J connectivity index is 1.57. The van der Waals surface area contributed by atoms with Gasteiger partial charge in [-0.25, -0.2) is 4.79 Å². The Labute approximate surface area is 153 Å². The van der Waals surface area contributed by atoms with Crippen LogP contribution in [-0.4, -0.2) is 43.7 Å². The van der Waals surface area contributed by atoms with Crippen LogP contribution in [0.2, 0.25) is 0 Å². The minimum absolute atomic E-state index is 0.0461. The summed E-state index contributed by atoms with van der Waals surface area (Å²) in [6, 6.07) is 16.4. The molecule has 0 bridgehead atoms. The molecule has 2 N–H and O–H groups in total. The molecule has 1 atom stereocenters. The summed E-state index contributed by atoms with van der Waals surface area (Å²) < 4.78 is 10.4. The van der Waals surface area contributed by atoms with Gasteiger partial charge in [-0.15, -0.1) is 0 Å². The van der Waals surface area contributed by atoms with E-state index in [0.29, 0.717) is 13.0 Å². The van der Waals surface area contributed by atoms with E-state index in [9.17, 15) is 9.90 Å². The van der Waals surface area contributed by atoms with E-state index >= 15 is 0 Å². The normalized spacial score (nSPS) is 15.0. The maximum Gasteiger partial charge on any atom is 0.407 e. The summed E-state index contributed by atoms with van der Waals surface area (Å²) in [6.07, 6.45) is -0.0783. The third kappa shape index (κ3) is 4.06. The molecule has 5 heteroatoms. The molecular weight excluding hydrogens is 330 g/mol. The van der Waals surface area contributed by atoms with Crippen LogP contribution in [0.3, 0.4) is 0 Å². The molecule has 0 saturated carbocycles. The quantitative estimate of drug-likeness (QED) is 0.800. The summed E-state index contributed by atoms with van der Waals surface area (Å²) in [5, 5.41) is 12.7. The first kappa shape index (κ1) is 18.4. The highest BCUT2D eigenvalue weighted by molar-refractivity contribution is 5.79. The fourth-order valence-corrected chi connectivity index (χ4v) is 3.47. The van der Waals surface area contributed by atoms with E-state index in [1.807, 2.05) is 24.3 Å². The van der Waals surface area contributed by atoms with Gasteiger partial charge in [-0.05, 0) is 35.6 Å². The van der Waals surface area contributed by atoms with Crippen LogP contribution in [0.4, 0.5) is 4.79 Å². The van der Waals surface area contributed by atoms with Crippen molar-refractivity contribution >= 4 is 6.09 Å². The van der Waals surface area contributed by atoms with Crippen molar-refractivity contribution in [1.82, 2.24) is 5.32 Å². The number of fused-ring (bicyclic) bond motifs is 3. The maximum absolute atomic E-state index is 12.0. The second kappa shape index (κ2) is 7.89. The summed E-state index contributed by atoms with van der Waals surface area (Å²) in [7, 11) is 1.54. The van der Waals surface area contributed by atoms with E-state index in [4.69, 9.17) is 9.47 Å². The van der Waals surface area contributed by atoms with Crippen LogP contribution in [0.1, 0.15) is 30.4 Å². The van der Waals surface area contributed by atoms with Crippen LogP contribution in [-0.2, 0) is 9.47 Å². The molecule has 0 aliphatic heterocycles. The highest BCUT2D eigenvalue weighted by atomic mass is 16.5. The van der Waals surface area contributed by atoms with E-state index in [0.717, 1.165) is 0 Å². The number of carbonyl (C=O) groups excluding carboxylic acids is 1. The third-order valence-electron chi connectivity index (χ3n) is 4.73. The van der Waals surface area contributed by atoms with Crippen molar-refractivity contribution in [3.63, 3.8) is 0 Å². The Hall–Kier alpha value is -2.37. The van der Waals surface area contributed by atoms with E-state index < -0.39 is 11.7 Å². The molecule has 3 rings (SSSR count). The fourth-order valence-electron chi connectivity index (χ4n) is 3.47. The highest BCUT2D eigenvalue weighted by Crippen LogP contribution is 2.44. The first-order chi connectivity index (χ1) is 12.5. The Morgan fingerprint density at radius 3 is 2.27 bits per heavy atom. The van der Waals surface area contributed by atoms with Crippen molar-refractivity contribution in [2.45, 2.75) is 24.9 Å². The van der Waals surface area contributed by atoms with Crippen molar-refractivity contribution in [2.24, 2.45) is 0 Å². The molecule has 0 radical (unpaired) electrons. The molecule has 0 spiro atoms. The van der Waals surface area contributed by atoms with Crippen molar-refractivity contribution in [2.75, 3.05) is 26.9 Å². The number of aliphatic hydroxyl groups is 1. The third-order valence-corrected chi connectivity index (χ3v) is 4.73. The lowest BCUT2D eigenvalue weighted by atomic mass is 9.98. The second-order valence-corrected chi connectivity index (χ2v) is 6.93. The smallest absolute Gasteiger partial charge is 0.407 e. The van der Waals surface area contributed by atoms with E-state index in [-0.39, 0.29) is 19.1 Å². The van der Waals surface area contributed by atoms with Crippen LogP contribution in [0.5, 0.6) is 0 Å². The van der Waals surface area contributed by atoms with Crippen molar-refractivity contribution in [1.29, 1.82) is 0 Å². The largest absolute Gasteiger partial charge is 0.449 e. The van der Waals surface area contributed by atoms with Gasteiger partial charge in [0.2, 0.25) is 0 Å². The molecule has 5 nitrogen and oxygen atoms in total. The van der Waals surface area contributed by atoms with Crippen molar-refractivity contribution < 1.29 is 19.4 Å². The zero-order valence-electron chi connectivity index (χ0n) is 15.2. The van der Waals surface area contributed by atoms with E-state index in [1.54, 1.807) is 6.92 Å². The van der Waals surface area contributed by atoms with Gasteiger partial charge in [0, 0.05) is 19.6 Å². The van der Waals surface area contributed by atoms with Gasteiger partial charge in [0.15, 0.2) is 0 Å². The number of amides is 1. The van der Waals surface area contributed by atoms with Gasteiger partial charge in [-0.2, -0.15) is 0 Å². The Morgan fingerprint density at radius 2 is 1.69 bits per heavy atom. The van der Waals surface area contributed by atoms with Crippen LogP contribution >= 0.6 is 0 Å². The number of ether oxygens (including phenoxy) is 2. The lowest BCUT2D eigenvalue weighted by molar-refractivity contribution is -0.0219. The van der Waals surface area contributed by atoms with Gasteiger partial charge in [0.25, 0.3) is 0 Å². The summed E-state index contributed by atoms with van der Waals surface area (Å²) >= 11 is 0. The second-order valence-electron chi connectivity index (χ2n) is 6.93. The number of hydrogen-bond acceptors (Lipinski definition) is 4. The van der Waals surface area contributed by atoms with Gasteiger partial charge in [0.05, 0.1) is 12.2 Å². The number of hydrogen-bond donors (Lipinski definition) is 2. The maximum atomic E-state index is 12.0. The number of carbonyl (C=O) groups is 1. The molecule has 138 valence electrons. The van der Waals surface area contributed by atoms with Crippen LogP contribution in [0.15, 0.2) is 48.5 Å². The molecule has 0 saturated heterocycles. The van der Waals surface area contributed by atoms with Crippen LogP contribution in [0.25, 0.3) is 11.1 Å². The minimum atomic E-state index is -0.967. The Kier molecular flexibility index (Phi) is 5.59. The monoisotopic (exact) mass is 355 g/mol. The van der Waals surface area contributed by atoms with Crippen molar-refractivity contribution in [3.8, 4) is 11.1 Å². The lowest BCUT2D eigenvalue weighted by Gasteiger charge is -2.22. The van der Waals surface area contributed by atoms with Crippen LogP contribution in [0, 0.1) is 0 Å². The average molecular weight is 355 g/mol. The standard InChI is InChI=1S/C21H25NO4/c1-21(24,14-25-2)11-12-22-20(23)26-13-19-17-9-5-3-7-15(17)16-8-4-6-10-18(16)19/h3-10,19,24H,11-14H2,1-2H3,(H,22,23). The summed E-state index contributed by atoms with van der Waals surface area (Å²) in [6.45, 7) is 2.51. The Morgan fingerprint density at radius 1 is 1.12 bits per heavy atom. The predicted octanol–water partition coefficient (Wildman–Crippen LogP) is 3.31. The van der Waals surface area contributed by atoms with Crippen molar-refractivity contribution in [3.05, 3.63) is 59.7 Å². The molecule has 1 amide bonds. The topological polar surface area (TPSA) is 67.8 Å². The zero-order valence-corrected chi connectivity index (χ0v) is 15.2. The number of methoxy groups -OCH3 is 1. The first-order valence-corrected chi connectivity index (χ1v) is 8.82. The molecular formula is C21H25NO4. The number of benzene rings is 2. The van der Waals surface area contributed by atoms with Gasteiger partial charge in [0.1, 0.15) is 6.61 Å². The highest BCUT2D eigenvalue weighted by Gasteiger charge is 2.29. The minimum Gasteiger partial charge on any atom is -0.449 e. The van der Waals surface area contributed by atoms with Gasteiger partial charge >= 0.3 is 6.09 Å². The summed E-state index contributed by atoms with van der Waals surface area (Å²) in [4.78, 5) is 12.0. The number of nitrogens with one attached hydrogen (secondary N) is 1. The number of rotatable bonds is 7. The van der Waals surface area contributed by atoms with Gasteiger partial charge < -0.3 is 19.9 Å². The molecule has 0 aromatic heterocycles.